The standard InChI is InChI=1S/C19H12Cl2F4O/c20-12-8-14(17(22)16(21)9-12)15(19(23,24)25)6-5-11-7-10-3-1-2-4-13(10)18(11)26/h1-6,8-9,11,15H,7H2/b6-5+. The highest BCUT2D eigenvalue weighted by Crippen LogP contribution is 2.40. The normalized spacial score (nSPS) is 18.4. The molecular formula is C19H12Cl2F4O. The molecule has 0 saturated heterocycles. The fourth-order valence-corrected chi connectivity index (χ4v) is 3.57. The van der Waals surface area contributed by atoms with Crippen molar-refractivity contribution in [2.45, 2.75) is 18.5 Å². The number of benzene rings is 2. The molecule has 2 aromatic rings. The number of allylic oxidation sites excluding steroid dienone is 2. The van der Waals surface area contributed by atoms with Crippen molar-refractivity contribution in [1.29, 1.82) is 0 Å². The van der Waals surface area contributed by atoms with Crippen molar-refractivity contribution in [2.75, 3.05) is 0 Å². The lowest BCUT2D eigenvalue weighted by Crippen LogP contribution is -2.21. The van der Waals surface area contributed by atoms with Gasteiger partial charge in [0.25, 0.3) is 0 Å². The summed E-state index contributed by atoms with van der Waals surface area (Å²) in [5.74, 6) is -4.39. The fraction of sp³-hybridized carbons (Fsp3) is 0.211. The molecule has 26 heavy (non-hydrogen) atoms. The third-order valence-electron chi connectivity index (χ3n) is 4.30. The SMILES string of the molecule is O=C1c2ccccc2CC1/C=C/C(c1cc(Cl)cc(Cl)c1F)C(F)(F)F. The van der Waals surface area contributed by atoms with E-state index < -0.39 is 34.4 Å². The van der Waals surface area contributed by atoms with Gasteiger partial charge in [0.2, 0.25) is 0 Å². The van der Waals surface area contributed by atoms with Crippen molar-refractivity contribution in [3.8, 4) is 0 Å². The van der Waals surface area contributed by atoms with E-state index in [9.17, 15) is 22.4 Å². The number of rotatable bonds is 3. The van der Waals surface area contributed by atoms with Gasteiger partial charge in [0.15, 0.2) is 5.78 Å². The van der Waals surface area contributed by atoms with Crippen LogP contribution in [0.5, 0.6) is 0 Å². The van der Waals surface area contributed by atoms with Gasteiger partial charge in [-0.25, -0.2) is 4.39 Å². The van der Waals surface area contributed by atoms with Gasteiger partial charge in [0.1, 0.15) is 11.7 Å². The van der Waals surface area contributed by atoms with E-state index in [2.05, 4.69) is 0 Å². The van der Waals surface area contributed by atoms with Gasteiger partial charge in [-0.2, -0.15) is 13.2 Å². The molecule has 7 heteroatoms. The summed E-state index contributed by atoms with van der Waals surface area (Å²) >= 11 is 11.4. The number of ketones is 1. The van der Waals surface area contributed by atoms with Gasteiger partial charge in [0, 0.05) is 22.1 Å². The number of alkyl halides is 3. The Labute approximate surface area is 157 Å². The zero-order valence-electron chi connectivity index (χ0n) is 13.2. The molecule has 0 radical (unpaired) electrons. The van der Waals surface area contributed by atoms with Crippen LogP contribution in [0.15, 0.2) is 48.6 Å². The Balaban J connectivity index is 1.95. The highest BCUT2D eigenvalue weighted by atomic mass is 35.5. The van der Waals surface area contributed by atoms with Gasteiger partial charge in [-0.05, 0) is 24.1 Å². The Morgan fingerprint density at radius 1 is 1.15 bits per heavy atom. The smallest absolute Gasteiger partial charge is 0.293 e. The molecule has 1 aliphatic carbocycles. The first-order valence-electron chi connectivity index (χ1n) is 7.70. The molecule has 2 aromatic carbocycles. The summed E-state index contributed by atoms with van der Waals surface area (Å²) in [6.45, 7) is 0. The molecule has 136 valence electrons. The average Bonchev–Trinajstić information content (AvgIpc) is 2.87. The lowest BCUT2D eigenvalue weighted by atomic mass is 9.94. The molecule has 1 aliphatic rings. The predicted octanol–water partition coefficient (Wildman–Crippen LogP) is 6.39. The van der Waals surface area contributed by atoms with Crippen molar-refractivity contribution in [3.05, 3.63) is 81.1 Å². The molecule has 0 aliphatic heterocycles. The number of hydrogen-bond acceptors (Lipinski definition) is 1. The second-order valence-corrected chi connectivity index (χ2v) is 6.87. The molecule has 0 amide bonds. The van der Waals surface area contributed by atoms with E-state index in [1.54, 1.807) is 24.3 Å². The molecule has 0 spiro atoms. The molecule has 0 aromatic heterocycles. The minimum absolute atomic E-state index is 0.0987. The largest absolute Gasteiger partial charge is 0.399 e. The maximum Gasteiger partial charge on any atom is 0.399 e. The highest BCUT2D eigenvalue weighted by molar-refractivity contribution is 6.34. The lowest BCUT2D eigenvalue weighted by Gasteiger charge is -2.19. The minimum atomic E-state index is -4.76. The van der Waals surface area contributed by atoms with E-state index in [1.807, 2.05) is 0 Å². The molecule has 0 fully saturated rings. The zero-order chi connectivity index (χ0) is 19.1. The zero-order valence-corrected chi connectivity index (χ0v) is 14.7. The number of carbonyl (C=O) groups is 1. The van der Waals surface area contributed by atoms with Crippen LogP contribution in [0, 0.1) is 11.7 Å². The molecular weight excluding hydrogens is 391 g/mol. The van der Waals surface area contributed by atoms with Crippen molar-refractivity contribution < 1.29 is 22.4 Å². The second-order valence-electron chi connectivity index (χ2n) is 6.03. The predicted molar refractivity (Wildman–Crippen MR) is 92.3 cm³/mol. The first-order valence-corrected chi connectivity index (χ1v) is 8.45. The Bertz CT molecular complexity index is 890. The fourth-order valence-electron chi connectivity index (χ4n) is 3.06. The number of Topliss-reactive ketones (excluding diaryl/α,β-unsaturated/α-hetero) is 1. The third kappa shape index (κ3) is 3.64. The molecule has 2 atom stereocenters. The van der Waals surface area contributed by atoms with E-state index in [4.69, 9.17) is 23.2 Å². The minimum Gasteiger partial charge on any atom is -0.293 e. The van der Waals surface area contributed by atoms with Crippen LogP contribution in [-0.2, 0) is 6.42 Å². The van der Waals surface area contributed by atoms with Crippen LogP contribution in [-0.4, -0.2) is 12.0 Å². The topological polar surface area (TPSA) is 17.1 Å². The van der Waals surface area contributed by atoms with Crippen LogP contribution in [0.1, 0.15) is 27.4 Å². The number of carbonyl (C=O) groups excluding carboxylic acids is 1. The second kappa shape index (κ2) is 7.05. The van der Waals surface area contributed by atoms with Gasteiger partial charge < -0.3 is 0 Å². The summed E-state index contributed by atoms with van der Waals surface area (Å²) in [4.78, 5) is 12.3. The molecule has 0 N–H and O–H groups in total. The number of halogens is 6. The van der Waals surface area contributed by atoms with Crippen LogP contribution in [0.4, 0.5) is 17.6 Å². The van der Waals surface area contributed by atoms with E-state index in [-0.39, 0.29) is 10.8 Å². The molecule has 0 bridgehead atoms. The van der Waals surface area contributed by atoms with Crippen molar-refractivity contribution in [3.63, 3.8) is 0 Å². The van der Waals surface area contributed by atoms with Crippen molar-refractivity contribution >= 4 is 29.0 Å². The Morgan fingerprint density at radius 3 is 2.50 bits per heavy atom. The summed E-state index contributed by atoms with van der Waals surface area (Å²) in [6, 6.07) is 8.80. The Morgan fingerprint density at radius 2 is 1.85 bits per heavy atom. The van der Waals surface area contributed by atoms with Gasteiger partial charge in [0.05, 0.1) is 5.02 Å². The summed E-state index contributed by atoms with van der Waals surface area (Å²) in [6.07, 6.45) is -2.46. The van der Waals surface area contributed by atoms with Crippen LogP contribution in [0.2, 0.25) is 10.0 Å². The molecule has 3 rings (SSSR count). The van der Waals surface area contributed by atoms with Crippen LogP contribution in [0.25, 0.3) is 0 Å². The molecule has 0 saturated carbocycles. The average molecular weight is 403 g/mol. The molecule has 2 unspecified atom stereocenters. The molecule has 1 nitrogen and oxygen atoms in total. The van der Waals surface area contributed by atoms with Gasteiger partial charge >= 0.3 is 6.18 Å². The van der Waals surface area contributed by atoms with Crippen LogP contribution >= 0.6 is 23.2 Å². The van der Waals surface area contributed by atoms with E-state index in [0.29, 0.717) is 12.0 Å². The Kier molecular flexibility index (Phi) is 5.13. The summed E-state index contributed by atoms with van der Waals surface area (Å²) in [7, 11) is 0. The Hall–Kier alpha value is -1.85. The number of fused-ring (bicyclic) bond motifs is 1. The number of hydrogen-bond donors (Lipinski definition) is 0. The van der Waals surface area contributed by atoms with Crippen LogP contribution in [0.3, 0.4) is 0 Å². The van der Waals surface area contributed by atoms with Crippen molar-refractivity contribution in [1.82, 2.24) is 0 Å². The van der Waals surface area contributed by atoms with E-state index in [0.717, 1.165) is 23.8 Å². The molecule has 0 heterocycles. The summed E-state index contributed by atoms with van der Waals surface area (Å²) < 4.78 is 54.6. The third-order valence-corrected chi connectivity index (χ3v) is 4.80. The van der Waals surface area contributed by atoms with Gasteiger partial charge in [-0.1, -0.05) is 59.6 Å². The van der Waals surface area contributed by atoms with E-state index >= 15 is 0 Å². The quantitative estimate of drug-likeness (QED) is 0.330. The summed E-state index contributed by atoms with van der Waals surface area (Å²) in [5, 5.41) is -0.585. The first-order chi connectivity index (χ1) is 12.2. The van der Waals surface area contributed by atoms with Gasteiger partial charge in [-0.3, -0.25) is 4.79 Å². The maximum absolute atomic E-state index is 14.2. The van der Waals surface area contributed by atoms with Gasteiger partial charge in [-0.15, -0.1) is 0 Å². The van der Waals surface area contributed by atoms with E-state index in [1.165, 1.54) is 6.08 Å². The van der Waals surface area contributed by atoms with Crippen LogP contribution < -0.4 is 0 Å². The monoisotopic (exact) mass is 402 g/mol. The summed E-state index contributed by atoms with van der Waals surface area (Å²) in [5.41, 5.74) is 0.615. The maximum atomic E-state index is 14.2. The highest BCUT2D eigenvalue weighted by Gasteiger charge is 2.41. The first kappa shape index (κ1) is 18.9. The lowest BCUT2D eigenvalue weighted by molar-refractivity contribution is -0.140. The van der Waals surface area contributed by atoms with Crippen molar-refractivity contribution in [2.24, 2.45) is 5.92 Å².